The molecule has 1 unspecified atom stereocenters. The number of halogens is 4. The molecule has 0 aliphatic rings. The molecule has 172 valence electrons. The number of hydrogen-bond acceptors (Lipinski definition) is 6. The van der Waals surface area contributed by atoms with Crippen LogP contribution in [-0.4, -0.2) is 24.1 Å². The molecule has 0 saturated carbocycles. The lowest BCUT2D eigenvalue weighted by molar-refractivity contribution is -0.384. The number of benzene rings is 2. The summed E-state index contributed by atoms with van der Waals surface area (Å²) in [5, 5.41) is 26.0. The van der Waals surface area contributed by atoms with Gasteiger partial charge in [0.2, 0.25) is 0 Å². The van der Waals surface area contributed by atoms with Gasteiger partial charge in [-0.3, -0.25) is 10.1 Å². The number of nitro benzene ring substituents is 1. The highest BCUT2D eigenvalue weighted by atomic mass is 35.5. The van der Waals surface area contributed by atoms with E-state index < -0.39 is 16.7 Å². The monoisotopic (exact) mass is 470 g/mol. The molecule has 0 amide bonds. The number of nitriles is 1. The Morgan fingerprint density at radius 3 is 2.59 bits per heavy atom. The van der Waals surface area contributed by atoms with Crippen LogP contribution in [0, 0.1) is 21.4 Å². The molecule has 11 heteroatoms. The highest BCUT2D eigenvalue weighted by Crippen LogP contribution is 2.38. The van der Waals surface area contributed by atoms with Crippen LogP contribution in [0.1, 0.15) is 31.7 Å². The molecule has 0 heterocycles. The van der Waals surface area contributed by atoms with Gasteiger partial charge in [-0.15, -0.1) is 0 Å². The second-order valence-electron chi connectivity index (χ2n) is 6.86. The van der Waals surface area contributed by atoms with Gasteiger partial charge in [0.1, 0.15) is 17.2 Å². The molecule has 2 aromatic rings. The number of nitro groups is 1. The van der Waals surface area contributed by atoms with Gasteiger partial charge in [-0.2, -0.15) is 18.4 Å². The molecule has 7 nitrogen and oxygen atoms in total. The van der Waals surface area contributed by atoms with Crippen molar-refractivity contribution in [2.45, 2.75) is 38.4 Å². The van der Waals surface area contributed by atoms with Crippen LogP contribution < -0.4 is 15.4 Å². The number of rotatable bonds is 11. The van der Waals surface area contributed by atoms with Crippen LogP contribution in [0.4, 0.5) is 24.5 Å². The molecular formula is C21H22ClF3N4O3. The van der Waals surface area contributed by atoms with Crippen molar-refractivity contribution in [1.29, 1.82) is 5.26 Å². The molecule has 32 heavy (non-hydrogen) atoms. The molecule has 2 aromatic carbocycles. The number of alkyl halides is 3. The summed E-state index contributed by atoms with van der Waals surface area (Å²) in [4.78, 5) is 10.8. The van der Waals surface area contributed by atoms with Gasteiger partial charge in [0.05, 0.1) is 21.6 Å². The van der Waals surface area contributed by atoms with Gasteiger partial charge >= 0.3 is 6.18 Å². The molecule has 0 aromatic heterocycles. The van der Waals surface area contributed by atoms with Crippen molar-refractivity contribution in [1.82, 2.24) is 5.32 Å². The Kier molecular flexibility index (Phi) is 9.11. The zero-order valence-electron chi connectivity index (χ0n) is 17.2. The van der Waals surface area contributed by atoms with Crippen LogP contribution >= 0.6 is 11.6 Å². The van der Waals surface area contributed by atoms with Gasteiger partial charge in [-0.25, -0.2) is 0 Å². The van der Waals surface area contributed by atoms with Crippen molar-refractivity contribution in [3.8, 4) is 17.6 Å². The van der Waals surface area contributed by atoms with Crippen molar-refractivity contribution < 1.29 is 22.8 Å². The van der Waals surface area contributed by atoms with E-state index in [9.17, 15) is 23.3 Å². The van der Waals surface area contributed by atoms with E-state index in [1.165, 1.54) is 18.2 Å². The SMILES string of the molecule is CCC(CCNc1cc(Oc2ccc(C(F)(F)F)cc2Cl)ccc1[N+](=O)[O-])NCCC#N. The summed E-state index contributed by atoms with van der Waals surface area (Å²) >= 11 is 5.92. The van der Waals surface area contributed by atoms with Crippen LogP contribution in [-0.2, 0) is 6.18 Å². The van der Waals surface area contributed by atoms with E-state index in [1.807, 2.05) is 6.92 Å². The van der Waals surface area contributed by atoms with E-state index in [0.29, 0.717) is 25.9 Å². The third-order valence-corrected chi connectivity index (χ3v) is 4.92. The number of hydrogen-bond donors (Lipinski definition) is 2. The molecule has 0 aliphatic carbocycles. The minimum absolute atomic E-state index is 0.00721. The summed E-state index contributed by atoms with van der Waals surface area (Å²) in [6.07, 6.45) is -2.66. The van der Waals surface area contributed by atoms with Crippen molar-refractivity contribution in [2.75, 3.05) is 18.4 Å². The van der Waals surface area contributed by atoms with Crippen LogP contribution in [0.15, 0.2) is 36.4 Å². The van der Waals surface area contributed by atoms with Crippen molar-refractivity contribution in [2.24, 2.45) is 0 Å². The normalized spacial score (nSPS) is 12.1. The van der Waals surface area contributed by atoms with Gasteiger partial charge in [0.25, 0.3) is 5.69 Å². The lowest BCUT2D eigenvalue weighted by atomic mass is 10.1. The standard InChI is InChI=1S/C21H22ClF3N4O3/c1-2-15(27-10-3-9-26)8-11-28-18-13-16(5-6-19(18)29(30)31)32-20-7-4-14(12-17(20)22)21(23,24)25/h4-7,12-13,15,27-28H,2-3,8,10-11H2,1H3. The van der Waals surface area contributed by atoms with Crippen LogP contribution in [0.3, 0.4) is 0 Å². The Hall–Kier alpha value is -3.03. The Balaban J connectivity index is 2.12. The fourth-order valence-electron chi connectivity index (χ4n) is 2.93. The highest BCUT2D eigenvalue weighted by Gasteiger charge is 2.31. The molecule has 0 fully saturated rings. The summed E-state index contributed by atoms with van der Waals surface area (Å²) < 4.78 is 44.0. The summed E-state index contributed by atoms with van der Waals surface area (Å²) in [6, 6.07) is 8.88. The molecule has 2 rings (SSSR count). The number of nitrogens with zero attached hydrogens (tertiary/aromatic N) is 2. The lowest BCUT2D eigenvalue weighted by Crippen LogP contribution is -2.31. The zero-order valence-corrected chi connectivity index (χ0v) is 18.0. The molecule has 2 N–H and O–H groups in total. The third-order valence-electron chi connectivity index (χ3n) is 4.62. The lowest BCUT2D eigenvalue weighted by Gasteiger charge is -2.17. The van der Waals surface area contributed by atoms with E-state index in [4.69, 9.17) is 21.6 Å². The fourth-order valence-corrected chi connectivity index (χ4v) is 3.15. The first-order valence-electron chi connectivity index (χ1n) is 9.83. The Bertz CT molecular complexity index is 980. The van der Waals surface area contributed by atoms with Gasteiger partial charge in [0, 0.05) is 37.7 Å². The first-order chi connectivity index (χ1) is 15.2. The fraction of sp³-hybridized carbons (Fsp3) is 0.381. The largest absolute Gasteiger partial charge is 0.456 e. The number of nitrogens with one attached hydrogen (secondary N) is 2. The molecule has 0 saturated heterocycles. The Morgan fingerprint density at radius 1 is 1.25 bits per heavy atom. The minimum atomic E-state index is -4.54. The van der Waals surface area contributed by atoms with E-state index >= 15 is 0 Å². The average molecular weight is 471 g/mol. The van der Waals surface area contributed by atoms with Gasteiger partial charge in [-0.05, 0) is 37.1 Å². The van der Waals surface area contributed by atoms with Crippen molar-refractivity contribution >= 4 is 23.0 Å². The Morgan fingerprint density at radius 2 is 2.00 bits per heavy atom. The van der Waals surface area contributed by atoms with E-state index in [1.54, 1.807) is 0 Å². The van der Waals surface area contributed by atoms with Crippen molar-refractivity contribution in [3.63, 3.8) is 0 Å². The van der Waals surface area contributed by atoms with Gasteiger partial charge < -0.3 is 15.4 Å². The average Bonchev–Trinajstić information content (AvgIpc) is 2.73. The second kappa shape index (κ2) is 11.5. The maximum absolute atomic E-state index is 12.8. The van der Waals surface area contributed by atoms with Gasteiger partial charge in [-0.1, -0.05) is 18.5 Å². The number of ether oxygens (including phenoxy) is 1. The third kappa shape index (κ3) is 7.28. The second-order valence-corrected chi connectivity index (χ2v) is 7.27. The summed E-state index contributed by atoms with van der Waals surface area (Å²) in [7, 11) is 0. The first kappa shape index (κ1) is 25.2. The first-order valence-corrected chi connectivity index (χ1v) is 10.2. The topological polar surface area (TPSA) is 100 Å². The van der Waals surface area contributed by atoms with Crippen LogP contribution in [0.2, 0.25) is 5.02 Å². The van der Waals surface area contributed by atoms with Gasteiger partial charge in [0.15, 0.2) is 0 Å². The predicted octanol–water partition coefficient (Wildman–Crippen LogP) is 6.14. The smallest absolute Gasteiger partial charge is 0.416 e. The molecule has 0 radical (unpaired) electrons. The summed E-state index contributed by atoms with van der Waals surface area (Å²) in [5.41, 5.74) is -0.862. The molecule has 0 aliphatic heterocycles. The van der Waals surface area contributed by atoms with Crippen LogP contribution in [0.25, 0.3) is 0 Å². The maximum atomic E-state index is 12.8. The summed E-state index contributed by atoms with van der Waals surface area (Å²) in [5.74, 6) is 0.172. The Labute approximate surface area is 188 Å². The van der Waals surface area contributed by atoms with E-state index in [0.717, 1.165) is 24.6 Å². The maximum Gasteiger partial charge on any atom is 0.416 e. The quantitative estimate of drug-likeness (QED) is 0.232. The zero-order chi connectivity index (χ0) is 23.7. The van der Waals surface area contributed by atoms with Crippen molar-refractivity contribution in [3.05, 3.63) is 57.1 Å². The summed E-state index contributed by atoms with van der Waals surface area (Å²) in [6.45, 7) is 2.98. The van der Waals surface area contributed by atoms with E-state index in [-0.39, 0.29) is 33.9 Å². The predicted molar refractivity (Wildman–Crippen MR) is 115 cm³/mol. The van der Waals surface area contributed by atoms with Crippen LogP contribution in [0.5, 0.6) is 11.5 Å². The molecule has 0 bridgehead atoms. The van der Waals surface area contributed by atoms with E-state index in [2.05, 4.69) is 16.7 Å². The molecule has 1 atom stereocenters. The molecule has 0 spiro atoms. The highest BCUT2D eigenvalue weighted by molar-refractivity contribution is 6.32. The number of anilines is 1. The minimum Gasteiger partial charge on any atom is -0.456 e. The molecular weight excluding hydrogens is 449 g/mol.